The van der Waals surface area contributed by atoms with Gasteiger partial charge in [-0.2, -0.15) is 0 Å². The molecule has 1 fully saturated rings. The predicted octanol–water partition coefficient (Wildman–Crippen LogP) is -0.726. The van der Waals surface area contributed by atoms with E-state index in [9.17, 15) is 4.79 Å². The van der Waals surface area contributed by atoms with Crippen molar-refractivity contribution < 1.29 is 4.79 Å². The Morgan fingerprint density at radius 2 is 2.62 bits per heavy atom. The zero-order valence-corrected chi connectivity index (χ0v) is 4.72. The number of urea groups is 1. The van der Waals surface area contributed by atoms with Crippen molar-refractivity contribution in [2.75, 3.05) is 6.54 Å². The first-order valence-electron chi connectivity index (χ1n) is 2.53. The van der Waals surface area contributed by atoms with E-state index in [4.69, 9.17) is 5.84 Å². The Hall–Kier alpha value is -0.770. The van der Waals surface area contributed by atoms with Gasteiger partial charge in [-0.15, -0.1) is 0 Å². The highest BCUT2D eigenvalue weighted by atomic mass is 16.2. The molecule has 0 aliphatic carbocycles. The lowest BCUT2D eigenvalue weighted by atomic mass is 10.4. The van der Waals surface area contributed by atoms with Crippen LogP contribution in [0.2, 0.25) is 0 Å². The lowest BCUT2D eigenvalue weighted by Crippen LogP contribution is -2.38. The number of hydrogen-bond acceptors (Lipinski definition) is 2. The van der Waals surface area contributed by atoms with E-state index in [-0.39, 0.29) is 12.1 Å². The highest BCUT2D eigenvalue weighted by Crippen LogP contribution is 1.97. The summed E-state index contributed by atoms with van der Waals surface area (Å²) in [7, 11) is 0. The maximum atomic E-state index is 10.5. The summed E-state index contributed by atoms with van der Waals surface area (Å²) in [6.45, 7) is 2.55. The van der Waals surface area contributed by atoms with Gasteiger partial charge in [0.05, 0.1) is 6.04 Å². The van der Waals surface area contributed by atoms with Crippen molar-refractivity contribution in [3.8, 4) is 0 Å². The van der Waals surface area contributed by atoms with Crippen molar-refractivity contribution in [1.29, 1.82) is 0 Å². The first-order valence-corrected chi connectivity index (χ1v) is 2.53. The van der Waals surface area contributed by atoms with E-state index in [0.717, 1.165) is 0 Å². The van der Waals surface area contributed by atoms with E-state index in [1.165, 1.54) is 5.01 Å². The minimum atomic E-state index is -0.183. The van der Waals surface area contributed by atoms with Crippen LogP contribution in [0.5, 0.6) is 0 Å². The first-order chi connectivity index (χ1) is 3.72. The second kappa shape index (κ2) is 1.63. The highest BCUT2D eigenvalue weighted by molar-refractivity contribution is 5.75. The number of nitrogens with zero attached hydrogens (tertiary/aromatic N) is 1. The minimum absolute atomic E-state index is 0.141. The van der Waals surface area contributed by atoms with Crippen LogP contribution in [0.25, 0.3) is 0 Å². The summed E-state index contributed by atoms with van der Waals surface area (Å²) in [5, 5.41) is 3.78. The third-order valence-electron chi connectivity index (χ3n) is 1.26. The van der Waals surface area contributed by atoms with E-state index in [0.29, 0.717) is 6.54 Å². The molecule has 3 N–H and O–H groups in total. The molecule has 1 rings (SSSR count). The van der Waals surface area contributed by atoms with Crippen molar-refractivity contribution in [2.24, 2.45) is 5.84 Å². The molecular weight excluding hydrogens is 106 g/mol. The molecule has 8 heavy (non-hydrogen) atoms. The van der Waals surface area contributed by atoms with Gasteiger partial charge >= 0.3 is 6.03 Å². The Balaban J connectivity index is 2.56. The number of carbonyl (C=O) groups excluding carboxylic acids is 1. The fourth-order valence-corrected chi connectivity index (χ4v) is 0.625. The summed E-state index contributed by atoms with van der Waals surface area (Å²) < 4.78 is 0. The van der Waals surface area contributed by atoms with Crippen molar-refractivity contribution in [1.82, 2.24) is 10.3 Å². The summed E-state index contributed by atoms with van der Waals surface area (Å²) in [5.74, 6) is 5.24. The fourth-order valence-electron chi connectivity index (χ4n) is 0.625. The normalized spacial score (nSPS) is 28.5. The molecule has 4 heteroatoms. The molecule has 2 amide bonds. The molecule has 0 saturated carbocycles. The predicted molar refractivity (Wildman–Crippen MR) is 28.9 cm³/mol. The molecule has 1 aliphatic heterocycles. The monoisotopic (exact) mass is 115 g/mol. The van der Waals surface area contributed by atoms with Gasteiger partial charge in [0.25, 0.3) is 0 Å². The molecule has 0 aromatic heterocycles. The maximum Gasteiger partial charge on any atom is 0.331 e. The zero-order valence-electron chi connectivity index (χ0n) is 4.72. The molecule has 1 heterocycles. The Morgan fingerprint density at radius 3 is 2.75 bits per heavy atom. The van der Waals surface area contributed by atoms with E-state index < -0.39 is 0 Å². The number of hydrogen-bond donors (Lipinski definition) is 2. The molecule has 1 aliphatic rings. The second-order valence-corrected chi connectivity index (χ2v) is 1.94. The van der Waals surface area contributed by atoms with Gasteiger partial charge < -0.3 is 5.32 Å². The largest absolute Gasteiger partial charge is 0.335 e. The highest BCUT2D eigenvalue weighted by Gasteiger charge is 2.23. The number of nitrogens with one attached hydrogen (secondary N) is 1. The number of carbonyl (C=O) groups is 1. The van der Waals surface area contributed by atoms with E-state index in [1.54, 1.807) is 0 Å². The van der Waals surface area contributed by atoms with Crippen LogP contribution in [0.4, 0.5) is 4.79 Å². The van der Waals surface area contributed by atoms with Crippen LogP contribution in [0, 0.1) is 0 Å². The number of rotatable bonds is 0. The molecule has 1 atom stereocenters. The van der Waals surface area contributed by atoms with Gasteiger partial charge in [0.1, 0.15) is 0 Å². The molecule has 0 aromatic rings. The van der Waals surface area contributed by atoms with Crippen LogP contribution in [0.1, 0.15) is 6.92 Å². The van der Waals surface area contributed by atoms with Crippen LogP contribution >= 0.6 is 0 Å². The Bertz CT molecular complexity index is 114. The fraction of sp³-hybridized carbons (Fsp3) is 0.750. The molecule has 0 radical (unpaired) electrons. The standard InChI is InChI=1S/C4H9N3O/c1-3-2-6-4(8)7(3)5/h3H,2,5H2,1H3,(H,6,8). The van der Waals surface area contributed by atoms with Crippen molar-refractivity contribution in [2.45, 2.75) is 13.0 Å². The third kappa shape index (κ3) is 0.626. The maximum absolute atomic E-state index is 10.5. The van der Waals surface area contributed by atoms with Crippen LogP contribution < -0.4 is 11.2 Å². The molecular formula is C4H9N3O. The molecule has 0 spiro atoms. The average molecular weight is 115 g/mol. The summed E-state index contributed by atoms with van der Waals surface area (Å²) >= 11 is 0. The SMILES string of the molecule is CC1CNC(=O)N1N. The van der Waals surface area contributed by atoms with Gasteiger partial charge in [0.2, 0.25) is 0 Å². The van der Waals surface area contributed by atoms with E-state index in [1.807, 2.05) is 6.92 Å². The average Bonchev–Trinajstić information content (AvgIpc) is 1.98. The first kappa shape index (κ1) is 5.37. The molecule has 4 nitrogen and oxygen atoms in total. The van der Waals surface area contributed by atoms with Crippen LogP contribution in [0.3, 0.4) is 0 Å². The number of hydrazine groups is 1. The summed E-state index contributed by atoms with van der Waals surface area (Å²) in [4.78, 5) is 10.5. The minimum Gasteiger partial charge on any atom is -0.335 e. The lowest BCUT2D eigenvalue weighted by molar-refractivity contribution is 0.208. The Labute approximate surface area is 47.6 Å². The second-order valence-electron chi connectivity index (χ2n) is 1.94. The molecule has 1 unspecified atom stereocenters. The van der Waals surface area contributed by atoms with Gasteiger partial charge in [-0.05, 0) is 6.92 Å². The number of amides is 2. The summed E-state index contributed by atoms with van der Waals surface area (Å²) in [6.07, 6.45) is 0. The van der Waals surface area contributed by atoms with Crippen molar-refractivity contribution in [3.05, 3.63) is 0 Å². The molecule has 46 valence electrons. The molecule has 1 saturated heterocycles. The van der Waals surface area contributed by atoms with Crippen molar-refractivity contribution >= 4 is 6.03 Å². The Kier molecular flexibility index (Phi) is 1.09. The van der Waals surface area contributed by atoms with E-state index in [2.05, 4.69) is 5.32 Å². The van der Waals surface area contributed by atoms with Crippen LogP contribution in [-0.4, -0.2) is 23.6 Å². The quantitative estimate of drug-likeness (QED) is 0.323. The summed E-state index contributed by atoms with van der Waals surface area (Å²) in [6, 6.07) is -0.0417. The van der Waals surface area contributed by atoms with Crippen LogP contribution in [-0.2, 0) is 0 Å². The third-order valence-corrected chi connectivity index (χ3v) is 1.26. The van der Waals surface area contributed by atoms with Crippen LogP contribution in [0.15, 0.2) is 0 Å². The van der Waals surface area contributed by atoms with Gasteiger partial charge in [-0.3, -0.25) is 5.01 Å². The Morgan fingerprint density at radius 1 is 2.00 bits per heavy atom. The molecule has 0 aromatic carbocycles. The van der Waals surface area contributed by atoms with Gasteiger partial charge in [0, 0.05) is 6.54 Å². The smallest absolute Gasteiger partial charge is 0.331 e. The zero-order chi connectivity index (χ0) is 6.15. The number of nitrogens with two attached hydrogens (primary N) is 1. The van der Waals surface area contributed by atoms with E-state index >= 15 is 0 Å². The molecule has 0 bridgehead atoms. The van der Waals surface area contributed by atoms with Crippen molar-refractivity contribution in [3.63, 3.8) is 0 Å². The summed E-state index contributed by atoms with van der Waals surface area (Å²) in [5.41, 5.74) is 0. The van der Waals surface area contributed by atoms with Gasteiger partial charge in [-0.1, -0.05) is 0 Å². The topological polar surface area (TPSA) is 58.4 Å². The lowest BCUT2D eigenvalue weighted by Gasteiger charge is -2.10. The van der Waals surface area contributed by atoms with Gasteiger partial charge in [-0.25, -0.2) is 10.6 Å². The van der Waals surface area contributed by atoms with Gasteiger partial charge in [0.15, 0.2) is 0 Å².